The van der Waals surface area contributed by atoms with Crippen LogP contribution in [0.4, 0.5) is 0 Å². The van der Waals surface area contributed by atoms with Gasteiger partial charge in [0.05, 0.1) is 12.6 Å². The highest BCUT2D eigenvalue weighted by molar-refractivity contribution is 5.80. The van der Waals surface area contributed by atoms with Gasteiger partial charge in [-0.2, -0.15) is 0 Å². The fraction of sp³-hybridized carbons (Fsp3) is 0.176. The first-order valence-electron chi connectivity index (χ1n) is 6.59. The molecule has 2 aromatic carbocycles. The van der Waals surface area contributed by atoms with Gasteiger partial charge in [0.2, 0.25) is 0 Å². The molecule has 0 aliphatic rings. The van der Waals surface area contributed by atoms with E-state index < -0.39 is 0 Å². The van der Waals surface area contributed by atoms with Gasteiger partial charge in [0, 0.05) is 11.7 Å². The molecule has 1 aromatic heterocycles. The molecule has 0 aliphatic carbocycles. The quantitative estimate of drug-likeness (QED) is 0.755. The topological polar surface area (TPSA) is 25.2 Å². The van der Waals surface area contributed by atoms with Crippen LogP contribution in [0.25, 0.3) is 10.9 Å². The Balaban J connectivity index is 1.94. The minimum absolute atomic E-state index is 0.0855. The van der Waals surface area contributed by atoms with Crippen molar-refractivity contribution in [3.05, 3.63) is 72.4 Å². The van der Waals surface area contributed by atoms with Gasteiger partial charge in [-0.3, -0.25) is 0 Å². The molecule has 2 nitrogen and oxygen atoms in total. The molecule has 0 bridgehead atoms. The van der Waals surface area contributed by atoms with Gasteiger partial charge in [-0.25, -0.2) is 0 Å². The van der Waals surface area contributed by atoms with E-state index in [4.69, 9.17) is 0 Å². The van der Waals surface area contributed by atoms with Crippen molar-refractivity contribution in [1.82, 2.24) is 4.57 Å². The third-order valence-corrected chi connectivity index (χ3v) is 3.55. The Morgan fingerprint density at radius 3 is 2.42 bits per heavy atom. The number of rotatable bonds is 4. The highest BCUT2D eigenvalue weighted by Crippen LogP contribution is 2.22. The fourth-order valence-electron chi connectivity index (χ4n) is 2.56. The van der Waals surface area contributed by atoms with Crippen molar-refractivity contribution < 1.29 is 5.11 Å². The van der Waals surface area contributed by atoms with E-state index in [0.29, 0.717) is 0 Å². The molecule has 1 N–H and O–H groups in total. The fourth-order valence-corrected chi connectivity index (χ4v) is 2.56. The first-order valence-corrected chi connectivity index (χ1v) is 6.59. The molecule has 0 saturated heterocycles. The first-order chi connectivity index (χ1) is 9.38. The Morgan fingerprint density at radius 2 is 1.63 bits per heavy atom. The van der Waals surface area contributed by atoms with Gasteiger partial charge in [0.25, 0.3) is 0 Å². The second-order valence-electron chi connectivity index (χ2n) is 4.81. The van der Waals surface area contributed by atoms with Crippen LogP contribution in [-0.2, 0) is 6.42 Å². The highest BCUT2D eigenvalue weighted by Gasteiger charge is 2.12. The van der Waals surface area contributed by atoms with Crippen LogP contribution < -0.4 is 0 Å². The lowest BCUT2D eigenvalue weighted by atomic mass is 10.1. The largest absolute Gasteiger partial charge is 0.394 e. The minimum Gasteiger partial charge on any atom is -0.394 e. The van der Waals surface area contributed by atoms with Crippen LogP contribution in [0.2, 0.25) is 0 Å². The molecule has 1 unspecified atom stereocenters. The lowest BCUT2D eigenvalue weighted by Crippen LogP contribution is -2.15. The number of aliphatic hydroxyl groups excluding tert-OH is 1. The van der Waals surface area contributed by atoms with Gasteiger partial charge in [0.1, 0.15) is 0 Å². The predicted octanol–water partition coefficient (Wildman–Crippen LogP) is 3.42. The molecule has 19 heavy (non-hydrogen) atoms. The summed E-state index contributed by atoms with van der Waals surface area (Å²) >= 11 is 0. The molecule has 0 spiro atoms. The van der Waals surface area contributed by atoms with E-state index in [1.54, 1.807) is 0 Å². The van der Waals surface area contributed by atoms with Crippen molar-refractivity contribution in [2.45, 2.75) is 12.5 Å². The molecule has 3 rings (SSSR count). The van der Waals surface area contributed by atoms with Gasteiger partial charge in [-0.15, -0.1) is 0 Å². The molecule has 3 aromatic rings. The van der Waals surface area contributed by atoms with Gasteiger partial charge in [0.15, 0.2) is 0 Å². The minimum atomic E-state index is 0.0855. The van der Waals surface area contributed by atoms with Gasteiger partial charge in [-0.05, 0) is 29.5 Å². The monoisotopic (exact) mass is 251 g/mol. The standard InChI is InChI=1S/C17H17NO/c19-13-16(12-14-6-2-1-3-7-14)18-11-10-15-8-4-5-9-17(15)18/h1-11,16,19H,12-13H2. The maximum atomic E-state index is 9.70. The second kappa shape index (κ2) is 5.29. The molecule has 2 heteroatoms. The van der Waals surface area contributed by atoms with E-state index in [1.807, 2.05) is 30.3 Å². The SMILES string of the molecule is OCC(Cc1ccccc1)n1ccc2ccccc21. The number of fused-ring (bicyclic) bond motifs is 1. The first kappa shape index (κ1) is 12.0. The summed E-state index contributed by atoms with van der Waals surface area (Å²) in [6, 6.07) is 20.8. The van der Waals surface area contributed by atoms with Crippen molar-refractivity contribution in [1.29, 1.82) is 0 Å². The zero-order valence-electron chi connectivity index (χ0n) is 10.7. The average Bonchev–Trinajstić information content (AvgIpc) is 2.90. The molecule has 0 fully saturated rings. The Bertz CT molecular complexity index is 657. The maximum Gasteiger partial charge on any atom is 0.0642 e. The molecule has 0 saturated carbocycles. The lowest BCUT2D eigenvalue weighted by Gasteiger charge is -2.18. The van der Waals surface area contributed by atoms with Crippen molar-refractivity contribution in [2.24, 2.45) is 0 Å². The van der Waals surface area contributed by atoms with Crippen molar-refractivity contribution >= 4 is 10.9 Å². The Morgan fingerprint density at radius 1 is 0.895 bits per heavy atom. The van der Waals surface area contributed by atoms with Crippen LogP contribution in [-0.4, -0.2) is 16.3 Å². The number of aliphatic hydroxyl groups is 1. The average molecular weight is 251 g/mol. The molecule has 1 heterocycles. The van der Waals surface area contributed by atoms with E-state index in [2.05, 4.69) is 41.1 Å². The number of hydrogen-bond acceptors (Lipinski definition) is 1. The summed E-state index contributed by atoms with van der Waals surface area (Å²) in [5.41, 5.74) is 2.43. The van der Waals surface area contributed by atoms with Crippen molar-refractivity contribution in [3.8, 4) is 0 Å². The van der Waals surface area contributed by atoms with Crippen molar-refractivity contribution in [3.63, 3.8) is 0 Å². The van der Waals surface area contributed by atoms with Gasteiger partial charge >= 0.3 is 0 Å². The summed E-state index contributed by atoms with van der Waals surface area (Å²) in [6.45, 7) is 0.146. The third-order valence-electron chi connectivity index (χ3n) is 3.55. The number of para-hydroxylation sites is 1. The zero-order chi connectivity index (χ0) is 13.1. The third kappa shape index (κ3) is 2.40. The van der Waals surface area contributed by atoms with E-state index in [-0.39, 0.29) is 12.6 Å². The molecule has 0 radical (unpaired) electrons. The molecular formula is C17H17NO. The second-order valence-corrected chi connectivity index (χ2v) is 4.81. The Labute approximate surface area is 112 Å². The number of benzene rings is 2. The van der Waals surface area contributed by atoms with Gasteiger partial charge < -0.3 is 9.67 Å². The van der Waals surface area contributed by atoms with Crippen LogP contribution in [0.15, 0.2) is 66.9 Å². The smallest absolute Gasteiger partial charge is 0.0642 e. The molecular weight excluding hydrogens is 234 g/mol. The van der Waals surface area contributed by atoms with Crippen LogP contribution >= 0.6 is 0 Å². The summed E-state index contributed by atoms with van der Waals surface area (Å²) in [5.74, 6) is 0. The van der Waals surface area contributed by atoms with E-state index in [9.17, 15) is 5.11 Å². The van der Waals surface area contributed by atoms with E-state index in [1.165, 1.54) is 16.5 Å². The predicted molar refractivity (Wildman–Crippen MR) is 78.2 cm³/mol. The van der Waals surface area contributed by atoms with E-state index >= 15 is 0 Å². The van der Waals surface area contributed by atoms with Crippen LogP contribution in [0, 0.1) is 0 Å². The van der Waals surface area contributed by atoms with E-state index in [0.717, 1.165) is 6.42 Å². The summed E-state index contributed by atoms with van der Waals surface area (Å²) in [5, 5.41) is 10.9. The molecule has 0 amide bonds. The summed E-state index contributed by atoms with van der Waals surface area (Å²) in [7, 11) is 0. The molecule has 96 valence electrons. The Hall–Kier alpha value is -2.06. The lowest BCUT2D eigenvalue weighted by molar-refractivity contribution is 0.230. The zero-order valence-corrected chi connectivity index (χ0v) is 10.7. The summed E-state index contributed by atoms with van der Waals surface area (Å²) in [4.78, 5) is 0. The van der Waals surface area contributed by atoms with Crippen LogP contribution in [0.3, 0.4) is 0 Å². The number of hydrogen-bond donors (Lipinski definition) is 1. The van der Waals surface area contributed by atoms with Crippen LogP contribution in [0.5, 0.6) is 0 Å². The number of nitrogens with zero attached hydrogens (tertiary/aromatic N) is 1. The summed E-state index contributed by atoms with van der Waals surface area (Å²) in [6.07, 6.45) is 2.91. The molecule has 0 aliphatic heterocycles. The van der Waals surface area contributed by atoms with Gasteiger partial charge in [-0.1, -0.05) is 48.5 Å². The number of aromatic nitrogens is 1. The summed E-state index contributed by atoms with van der Waals surface area (Å²) < 4.78 is 2.17. The normalized spacial score (nSPS) is 12.7. The van der Waals surface area contributed by atoms with Crippen LogP contribution in [0.1, 0.15) is 11.6 Å². The Kier molecular flexibility index (Phi) is 3.34. The van der Waals surface area contributed by atoms with Crippen molar-refractivity contribution in [2.75, 3.05) is 6.61 Å². The maximum absolute atomic E-state index is 9.70. The molecule has 1 atom stereocenters. The highest BCUT2D eigenvalue weighted by atomic mass is 16.3.